The number of nitrogens with zero attached hydrogens (tertiary/aromatic N) is 1. The molecular formula is C13H16Cl2FNO3S. The van der Waals surface area contributed by atoms with E-state index in [2.05, 4.69) is 0 Å². The number of carbonyl (C=O) groups excluding carboxylic acids is 1. The maximum absolute atomic E-state index is 13.6. The molecule has 0 radical (unpaired) electrons. The lowest BCUT2D eigenvalue weighted by Gasteiger charge is -2.35. The number of benzene rings is 1. The van der Waals surface area contributed by atoms with E-state index in [-0.39, 0.29) is 10.6 Å². The van der Waals surface area contributed by atoms with Crippen LogP contribution < -0.4 is 0 Å². The van der Waals surface area contributed by atoms with Crippen molar-refractivity contribution in [2.45, 2.75) is 37.6 Å². The van der Waals surface area contributed by atoms with Crippen LogP contribution in [0.15, 0.2) is 17.0 Å². The van der Waals surface area contributed by atoms with E-state index in [0.717, 1.165) is 12.1 Å². The summed E-state index contributed by atoms with van der Waals surface area (Å²) in [6, 6.07) is 1.64. The molecule has 1 aromatic rings. The summed E-state index contributed by atoms with van der Waals surface area (Å²) in [5.74, 6) is -1.60. The van der Waals surface area contributed by atoms with Crippen LogP contribution in [-0.2, 0) is 9.05 Å². The van der Waals surface area contributed by atoms with Crippen molar-refractivity contribution >= 4 is 37.2 Å². The van der Waals surface area contributed by atoms with Gasteiger partial charge in [-0.05, 0) is 32.4 Å². The Labute approximate surface area is 133 Å². The minimum absolute atomic E-state index is 0.110. The second kappa shape index (κ2) is 6.10. The Morgan fingerprint density at radius 1 is 1.38 bits per heavy atom. The van der Waals surface area contributed by atoms with Gasteiger partial charge in [-0.1, -0.05) is 18.5 Å². The summed E-state index contributed by atoms with van der Waals surface area (Å²) in [6.07, 6.45) is 0.675. The molecule has 0 aliphatic carbocycles. The zero-order chi connectivity index (χ0) is 16.6. The molecule has 8 heteroatoms. The predicted octanol–water partition coefficient (Wildman–Crippen LogP) is 3.67. The summed E-state index contributed by atoms with van der Waals surface area (Å²) in [6.45, 7) is 5.60. The molecule has 0 heterocycles. The molecule has 0 N–H and O–H groups in total. The quantitative estimate of drug-likeness (QED) is 0.774. The Bertz CT molecular complexity index is 674. The fourth-order valence-electron chi connectivity index (χ4n) is 1.57. The van der Waals surface area contributed by atoms with E-state index in [1.165, 1.54) is 4.90 Å². The van der Waals surface area contributed by atoms with Gasteiger partial charge in [0.2, 0.25) is 0 Å². The Balaban J connectivity index is 3.41. The molecular weight excluding hydrogens is 340 g/mol. The highest BCUT2D eigenvalue weighted by molar-refractivity contribution is 8.13. The number of hydrogen-bond donors (Lipinski definition) is 0. The molecule has 0 unspecified atom stereocenters. The normalized spacial score (nSPS) is 12.3. The molecule has 0 spiro atoms. The van der Waals surface area contributed by atoms with Gasteiger partial charge in [0.15, 0.2) is 0 Å². The third kappa shape index (κ3) is 3.87. The van der Waals surface area contributed by atoms with Gasteiger partial charge in [0.1, 0.15) is 10.7 Å². The molecule has 0 bridgehead atoms. The number of halogens is 3. The highest BCUT2D eigenvalue weighted by Gasteiger charge is 2.29. The summed E-state index contributed by atoms with van der Waals surface area (Å²) in [4.78, 5) is 13.1. The van der Waals surface area contributed by atoms with Crippen LogP contribution in [0.2, 0.25) is 5.02 Å². The molecule has 0 aromatic heterocycles. The van der Waals surface area contributed by atoms with E-state index < -0.39 is 31.2 Å². The van der Waals surface area contributed by atoms with Gasteiger partial charge in [-0.15, -0.1) is 0 Å². The molecule has 0 atom stereocenters. The fraction of sp³-hybridized carbons (Fsp3) is 0.462. The zero-order valence-electron chi connectivity index (χ0n) is 12.1. The first-order valence-electron chi connectivity index (χ1n) is 6.13. The second-order valence-electron chi connectivity index (χ2n) is 5.23. The van der Waals surface area contributed by atoms with Crippen molar-refractivity contribution in [3.05, 3.63) is 28.5 Å². The molecule has 1 aromatic carbocycles. The molecule has 0 saturated carbocycles. The summed E-state index contributed by atoms with van der Waals surface area (Å²) in [5.41, 5.74) is -0.573. The molecule has 21 heavy (non-hydrogen) atoms. The summed E-state index contributed by atoms with van der Waals surface area (Å²) >= 11 is 5.86. The topological polar surface area (TPSA) is 54.5 Å². The molecule has 4 nitrogen and oxygen atoms in total. The van der Waals surface area contributed by atoms with E-state index >= 15 is 0 Å². The Morgan fingerprint density at radius 3 is 2.33 bits per heavy atom. The molecule has 0 fully saturated rings. The van der Waals surface area contributed by atoms with Gasteiger partial charge in [-0.2, -0.15) is 0 Å². The first-order chi connectivity index (χ1) is 9.41. The largest absolute Gasteiger partial charge is 0.337 e. The second-order valence-corrected chi connectivity index (χ2v) is 8.17. The molecule has 1 rings (SSSR count). The first kappa shape index (κ1) is 18.2. The molecule has 0 saturated heterocycles. The van der Waals surface area contributed by atoms with E-state index in [9.17, 15) is 17.6 Å². The van der Waals surface area contributed by atoms with Crippen molar-refractivity contribution in [1.82, 2.24) is 4.90 Å². The predicted molar refractivity (Wildman–Crippen MR) is 80.9 cm³/mol. The maximum atomic E-state index is 13.6. The highest BCUT2D eigenvalue weighted by Crippen LogP contribution is 2.29. The van der Waals surface area contributed by atoms with Crippen molar-refractivity contribution < 1.29 is 17.6 Å². The Morgan fingerprint density at radius 2 is 1.90 bits per heavy atom. The number of amides is 1. The van der Waals surface area contributed by atoms with Gasteiger partial charge in [-0.25, -0.2) is 12.8 Å². The van der Waals surface area contributed by atoms with Crippen LogP contribution in [0.5, 0.6) is 0 Å². The first-order valence-corrected chi connectivity index (χ1v) is 8.82. The van der Waals surface area contributed by atoms with Crippen LogP contribution in [0.25, 0.3) is 0 Å². The van der Waals surface area contributed by atoms with E-state index in [1.54, 1.807) is 7.05 Å². The van der Waals surface area contributed by atoms with Crippen molar-refractivity contribution in [3.63, 3.8) is 0 Å². The van der Waals surface area contributed by atoms with Gasteiger partial charge < -0.3 is 4.90 Å². The fourth-order valence-corrected chi connectivity index (χ4v) is 2.71. The standard InChI is InChI=1S/C13H16Cl2FNO3S/c1-5-13(2,3)17(4)12(18)8-6-11(21(15,19)20)10(16)7-9(8)14/h6-7H,5H2,1-4H3. The number of hydrogen-bond acceptors (Lipinski definition) is 3. The summed E-state index contributed by atoms with van der Waals surface area (Å²) < 4.78 is 36.3. The minimum Gasteiger partial charge on any atom is -0.337 e. The van der Waals surface area contributed by atoms with Crippen LogP contribution in [0.3, 0.4) is 0 Å². The van der Waals surface area contributed by atoms with Crippen LogP contribution in [-0.4, -0.2) is 31.8 Å². The average Bonchev–Trinajstić information content (AvgIpc) is 2.35. The van der Waals surface area contributed by atoms with Gasteiger partial charge >= 0.3 is 0 Å². The van der Waals surface area contributed by atoms with E-state index in [0.29, 0.717) is 6.42 Å². The third-order valence-corrected chi connectivity index (χ3v) is 5.24. The van der Waals surface area contributed by atoms with Gasteiger partial charge in [-0.3, -0.25) is 4.79 Å². The van der Waals surface area contributed by atoms with Crippen LogP contribution in [0.4, 0.5) is 4.39 Å². The van der Waals surface area contributed by atoms with Crippen molar-refractivity contribution in [3.8, 4) is 0 Å². The van der Waals surface area contributed by atoms with Crippen LogP contribution in [0, 0.1) is 5.82 Å². The molecule has 1 amide bonds. The van der Waals surface area contributed by atoms with E-state index in [4.69, 9.17) is 22.3 Å². The van der Waals surface area contributed by atoms with Crippen LogP contribution >= 0.6 is 22.3 Å². The van der Waals surface area contributed by atoms with Crippen LogP contribution in [0.1, 0.15) is 37.6 Å². The van der Waals surface area contributed by atoms with Gasteiger partial charge in [0, 0.05) is 23.3 Å². The van der Waals surface area contributed by atoms with E-state index in [1.807, 2.05) is 20.8 Å². The average molecular weight is 356 g/mol. The van der Waals surface area contributed by atoms with Crippen molar-refractivity contribution in [1.29, 1.82) is 0 Å². The van der Waals surface area contributed by atoms with Crippen molar-refractivity contribution in [2.75, 3.05) is 7.05 Å². The smallest absolute Gasteiger partial charge is 0.264 e. The van der Waals surface area contributed by atoms with Gasteiger partial charge in [0.25, 0.3) is 15.0 Å². The Hall–Kier alpha value is -0.850. The Kier molecular flexibility index (Phi) is 5.29. The summed E-state index contributed by atoms with van der Waals surface area (Å²) in [5, 5.41) is -0.166. The number of carbonyl (C=O) groups is 1. The molecule has 0 aliphatic heterocycles. The van der Waals surface area contributed by atoms with Crippen molar-refractivity contribution in [2.24, 2.45) is 0 Å². The maximum Gasteiger partial charge on any atom is 0.264 e. The zero-order valence-corrected chi connectivity index (χ0v) is 14.4. The highest BCUT2D eigenvalue weighted by atomic mass is 35.7. The third-order valence-electron chi connectivity index (χ3n) is 3.59. The molecule has 0 aliphatic rings. The monoisotopic (exact) mass is 355 g/mol. The lowest BCUT2D eigenvalue weighted by atomic mass is 9.99. The molecule has 118 valence electrons. The lowest BCUT2D eigenvalue weighted by molar-refractivity contribution is 0.0620. The SMILES string of the molecule is CCC(C)(C)N(C)C(=O)c1cc(S(=O)(=O)Cl)c(F)cc1Cl. The minimum atomic E-state index is -4.31. The van der Waals surface area contributed by atoms with Gasteiger partial charge in [0.05, 0.1) is 10.6 Å². The number of rotatable bonds is 4. The lowest BCUT2D eigenvalue weighted by Crippen LogP contribution is -2.44. The summed E-state index contributed by atoms with van der Waals surface area (Å²) in [7, 11) is 2.42.